The molecule has 0 radical (unpaired) electrons. The molecular formula is C52H85FN4O14. The third kappa shape index (κ3) is 12.2. The number of carbonyl (C=O) groups excluding carboxylic acids is 3. The number of nitrogens with one attached hydrogen (secondary N) is 1. The van der Waals surface area contributed by atoms with Gasteiger partial charge in [-0.1, -0.05) is 27.7 Å². The van der Waals surface area contributed by atoms with E-state index in [9.17, 15) is 39.2 Å². The predicted octanol–water partition coefficient (Wildman–Crippen LogP) is 4.01. The van der Waals surface area contributed by atoms with Crippen LogP contribution in [0, 0.1) is 29.5 Å². The second kappa shape index (κ2) is 23.2. The maximum Gasteiger partial charge on any atom is 0.317 e. The molecule has 5 aliphatic rings. The van der Waals surface area contributed by atoms with Gasteiger partial charge in [0.05, 0.1) is 53.7 Å². The lowest BCUT2D eigenvalue weighted by molar-refractivity contribution is -0.319. The number of aliphatic hydroxyl groups excluding tert-OH is 3. The lowest BCUT2D eigenvalue weighted by Gasteiger charge is -2.50. The fourth-order valence-corrected chi connectivity index (χ4v) is 12.2. The van der Waals surface area contributed by atoms with Gasteiger partial charge in [-0.15, -0.1) is 0 Å². The van der Waals surface area contributed by atoms with Crippen molar-refractivity contribution in [3.63, 3.8) is 0 Å². The number of Topliss-reactive ketones (excluding diaryl/α,β-unsaturated/α-hetero) is 1. The number of urea groups is 1. The van der Waals surface area contributed by atoms with E-state index >= 15 is 0 Å². The second-order valence-corrected chi connectivity index (χ2v) is 22.1. The lowest BCUT2D eigenvalue weighted by atomic mass is 9.74. The standard InChI is InChI=1S/C52H85FN4O14/c1-14-39-52(10,64)44(60)30(4)41(58)28(2)24-51(9,66-13)46(31(5)43(32(6)47(62)69-39)70-40-25-50(8,65-12)45(61)33(7)68-40)71-48-42(59)38(22-29(3)67-48)55(11)21-15-20-54-49(63)57-27-36-23-37(57)26-56(36)35-18-16-34(53)17-19-35/h16-19,28-33,36-40,42-46,48,59-61,64H,14-15,20-27H2,1-13H3,(H,54,63)/t28-,29-,30+,31+,32-,33+,36?,37?,38+,39-,40+,42-,43+,44-,45+,46-,48-,50-,51-,52-/m1/s1. The van der Waals surface area contributed by atoms with Gasteiger partial charge in [-0.25, -0.2) is 9.18 Å². The molecule has 404 valence electrons. The van der Waals surface area contributed by atoms with Gasteiger partial charge < -0.3 is 73.6 Å². The molecule has 2 unspecified atom stereocenters. The molecule has 1 aromatic rings. The molecule has 0 aliphatic carbocycles. The first-order valence-corrected chi connectivity index (χ1v) is 25.8. The van der Waals surface area contributed by atoms with E-state index in [1.807, 2.05) is 30.7 Å². The summed E-state index contributed by atoms with van der Waals surface area (Å²) < 4.78 is 58.2. The molecule has 5 saturated heterocycles. The number of carbonyl (C=O) groups is 3. The highest BCUT2D eigenvalue weighted by Gasteiger charge is 2.54. The number of piperazine rings is 1. The molecule has 20 atom stereocenters. The van der Waals surface area contributed by atoms with Crippen LogP contribution in [0.4, 0.5) is 14.9 Å². The molecule has 2 amide bonds. The van der Waals surface area contributed by atoms with Gasteiger partial charge in [-0.05, 0) is 112 Å². The first-order chi connectivity index (χ1) is 33.3. The number of aliphatic hydroxyl groups is 4. The molecule has 6 rings (SSSR count). The van der Waals surface area contributed by atoms with Crippen LogP contribution in [0.1, 0.15) is 108 Å². The number of anilines is 1. The Kier molecular flexibility index (Phi) is 18.7. The van der Waals surface area contributed by atoms with E-state index in [1.54, 1.807) is 60.6 Å². The number of rotatable bonds is 13. The van der Waals surface area contributed by atoms with E-state index in [0.717, 1.165) is 12.1 Å². The van der Waals surface area contributed by atoms with Crippen LogP contribution in [0.3, 0.4) is 0 Å². The Morgan fingerprint density at radius 3 is 2.15 bits per heavy atom. The minimum atomic E-state index is -2.01. The summed E-state index contributed by atoms with van der Waals surface area (Å²) in [6.45, 7) is 19.2. The number of cyclic esters (lactones) is 1. The maximum atomic E-state index is 14.4. The summed E-state index contributed by atoms with van der Waals surface area (Å²) in [5, 5.41) is 49.8. The minimum Gasteiger partial charge on any atom is -0.459 e. The summed E-state index contributed by atoms with van der Waals surface area (Å²) in [6.07, 6.45) is -8.24. The van der Waals surface area contributed by atoms with Crippen LogP contribution in [-0.2, 0) is 42.7 Å². The monoisotopic (exact) mass is 1010 g/mol. The molecule has 5 aliphatic heterocycles. The summed E-state index contributed by atoms with van der Waals surface area (Å²) in [4.78, 5) is 48.2. The second-order valence-electron chi connectivity index (χ2n) is 22.1. The van der Waals surface area contributed by atoms with Gasteiger partial charge in [0.15, 0.2) is 12.6 Å². The highest BCUT2D eigenvalue weighted by molar-refractivity contribution is 5.83. The minimum absolute atomic E-state index is 0.0585. The van der Waals surface area contributed by atoms with E-state index in [-0.39, 0.29) is 55.1 Å². The van der Waals surface area contributed by atoms with E-state index in [1.165, 1.54) is 33.3 Å². The van der Waals surface area contributed by atoms with Crippen LogP contribution < -0.4 is 10.2 Å². The number of esters is 1. The number of methoxy groups -OCH3 is 2. The topological polar surface area (TPSA) is 218 Å². The van der Waals surface area contributed by atoms with Crippen molar-refractivity contribution in [3.8, 4) is 0 Å². The normalized spacial score (nSPS) is 42.8. The molecule has 0 spiro atoms. The Hall–Kier alpha value is -3.08. The predicted molar refractivity (Wildman–Crippen MR) is 261 cm³/mol. The summed E-state index contributed by atoms with van der Waals surface area (Å²) in [7, 11) is 4.90. The van der Waals surface area contributed by atoms with Crippen molar-refractivity contribution >= 4 is 23.5 Å². The van der Waals surface area contributed by atoms with Crippen molar-refractivity contribution in [2.75, 3.05) is 52.3 Å². The van der Waals surface area contributed by atoms with E-state index in [4.69, 9.17) is 33.2 Å². The van der Waals surface area contributed by atoms with Gasteiger partial charge in [0.1, 0.15) is 35.5 Å². The molecule has 19 heteroatoms. The van der Waals surface area contributed by atoms with Crippen LogP contribution in [0.15, 0.2) is 24.3 Å². The average molecular weight is 1010 g/mol. The van der Waals surface area contributed by atoms with Crippen LogP contribution in [0.2, 0.25) is 0 Å². The zero-order valence-electron chi connectivity index (χ0n) is 44.3. The number of likely N-dealkylation sites (tertiary alicyclic amines) is 1. The molecule has 2 bridgehead atoms. The van der Waals surface area contributed by atoms with Crippen LogP contribution in [0.5, 0.6) is 0 Å². The Bertz CT molecular complexity index is 1950. The molecule has 5 fully saturated rings. The van der Waals surface area contributed by atoms with Crippen molar-refractivity contribution in [2.45, 2.75) is 204 Å². The summed E-state index contributed by atoms with van der Waals surface area (Å²) in [6, 6.07) is 6.15. The molecule has 71 heavy (non-hydrogen) atoms. The number of hydrogen-bond acceptors (Lipinski definition) is 16. The average Bonchev–Trinajstić information content (AvgIpc) is 3.96. The van der Waals surface area contributed by atoms with Crippen molar-refractivity contribution < 1.29 is 72.4 Å². The SMILES string of the molecule is CC[C@H]1OC(=O)[C@H](C)[C@@H](O[C@H]2C[C@@](C)(OC)[C@@H](O)[C@H](C)O2)[C@H](C)[C@@H](O[C@H]2O[C@H](C)C[C@H](N(C)CCCNC(=O)N3CC4CC3CN4c3ccc(F)cc3)[C@H]2O)[C@](C)(OC)C[C@@H](C)C(=O)[C@H](C)[C@@H](O)[C@]1(C)O. The zero-order chi connectivity index (χ0) is 52.5. The van der Waals surface area contributed by atoms with Gasteiger partial charge in [0, 0.05) is 75.8 Å². The van der Waals surface area contributed by atoms with Crippen molar-refractivity contribution in [2.24, 2.45) is 23.7 Å². The number of ketones is 1. The molecule has 5 heterocycles. The van der Waals surface area contributed by atoms with Gasteiger partial charge >= 0.3 is 12.0 Å². The number of likely N-dealkylation sites (N-methyl/N-ethyl adjacent to an activating group) is 1. The number of fused-ring (bicyclic) bond motifs is 2. The van der Waals surface area contributed by atoms with Crippen molar-refractivity contribution in [1.82, 2.24) is 15.1 Å². The molecule has 18 nitrogen and oxygen atoms in total. The molecular weight excluding hydrogens is 924 g/mol. The summed E-state index contributed by atoms with van der Waals surface area (Å²) in [5.41, 5.74) is -3.46. The fraction of sp³-hybridized carbons (Fsp3) is 0.827. The van der Waals surface area contributed by atoms with Crippen LogP contribution in [0.25, 0.3) is 0 Å². The summed E-state index contributed by atoms with van der Waals surface area (Å²) in [5.74, 6) is -5.05. The lowest BCUT2D eigenvalue weighted by Crippen LogP contribution is -2.61. The first-order valence-electron chi connectivity index (χ1n) is 25.8. The quantitative estimate of drug-likeness (QED) is 0.139. The molecule has 5 N–H and O–H groups in total. The highest BCUT2D eigenvalue weighted by atomic mass is 19.1. The molecule has 1 aromatic carbocycles. The Morgan fingerprint density at radius 1 is 0.887 bits per heavy atom. The third-order valence-corrected chi connectivity index (χ3v) is 16.8. The smallest absolute Gasteiger partial charge is 0.317 e. The fourth-order valence-electron chi connectivity index (χ4n) is 12.2. The number of nitrogens with zero attached hydrogens (tertiary/aromatic N) is 3. The third-order valence-electron chi connectivity index (χ3n) is 16.8. The number of ether oxygens (including phenoxy) is 7. The summed E-state index contributed by atoms with van der Waals surface area (Å²) >= 11 is 0. The number of amides is 2. The zero-order valence-corrected chi connectivity index (χ0v) is 44.3. The first kappa shape index (κ1) is 57.2. The molecule has 0 aromatic heterocycles. The van der Waals surface area contributed by atoms with Crippen molar-refractivity contribution in [1.29, 1.82) is 0 Å². The van der Waals surface area contributed by atoms with Crippen LogP contribution >= 0.6 is 0 Å². The number of hydrogen-bond donors (Lipinski definition) is 5. The molecule has 0 saturated carbocycles. The number of benzene rings is 1. The van der Waals surface area contributed by atoms with E-state index in [2.05, 4.69) is 10.2 Å². The Labute approximate surface area is 420 Å². The van der Waals surface area contributed by atoms with E-state index in [0.29, 0.717) is 39.0 Å². The highest BCUT2D eigenvalue weighted by Crippen LogP contribution is 2.42. The van der Waals surface area contributed by atoms with Gasteiger partial charge in [0.25, 0.3) is 0 Å². The van der Waals surface area contributed by atoms with Gasteiger partial charge in [-0.2, -0.15) is 0 Å². The van der Waals surface area contributed by atoms with Gasteiger partial charge in [0.2, 0.25) is 0 Å². The van der Waals surface area contributed by atoms with Crippen molar-refractivity contribution in [3.05, 3.63) is 30.1 Å². The maximum absolute atomic E-state index is 14.4. The Balaban J connectivity index is 1.22. The van der Waals surface area contributed by atoms with Gasteiger partial charge in [-0.3, -0.25) is 9.59 Å². The van der Waals surface area contributed by atoms with Crippen LogP contribution in [-0.4, -0.2) is 192 Å². The number of halogens is 1. The Morgan fingerprint density at radius 2 is 1.55 bits per heavy atom. The largest absolute Gasteiger partial charge is 0.459 e. The van der Waals surface area contributed by atoms with E-state index < -0.39 is 108 Å².